The van der Waals surface area contributed by atoms with Gasteiger partial charge in [0, 0.05) is 50.3 Å². The van der Waals surface area contributed by atoms with Crippen molar-refractivity contribution in [3.63, 3.8) is 0 Å². The highest BCUT2D eigenvalue weighted by Gasteiger charge is 2.23. The third kappa shape index (κ3) is 4.11. The Morgan fingerprint density at radius 2 is 1.93 bits per heavy atom. The fraction of sp³-hybridized carbons (Fsp3) is 0.391. The highest BCUT2D eigenvalue weighted by atomic mass is 19.1. The molecule has 5 nitrogen and oxygen atoms in total. The fourth-order valence-corrected chi connectivity index (χ4v) is 3.95. The summed E-state index contributed by atoms with van der Waals surface area (Å²) < 4.78 is 15.3. The third-order valence-corrected chi connectivity index (χ3v) is 5.63. The van der Waals surface area contributed by atoms with E-state index in [1.165, 1.54) is 0 Å². The standard InChI is InChI=1S/C23H27FN4O/c1-3-20-22(19-10-11-27(2)15-21(19)26-20)23(29)25-14-16-4-6-18(7-5-16)28-12-8-17(24)9-13-28/h4-7,10-11,15,17H,3,8-9,12-14H2,1-2H3,(H,25,29). The number of hydrogen-bond donors (Lipinski definition) is 1. The number of carbonyl (C=O) groups is 1. The van der Waals surface area contributed by atoms with Gasteiger partial charge in [-0.1, -0.05) is 19.1 Å². The number of aryl methyl sites for hydroxylation is 2. The van der Waals surface area contributed by atoms with E-state index in [2.05, 4.69) is 27.3 Å². The van der Waals surface area contributed by atoms with Crippen LogP contribution in [0.1, 0.15) is 41.4 Å². The number of rotatable bonds is 5. The second-order valence-electron chi connectivity index (χ2n) is 7.71. The summed E-state index contributed by atoms with van der Waals surface area (Å²) in [6.07, 6.45) is 5.11. The molecule has 6 heteroatoms. The van der Waals surface area contributed by atoms with Crippen LogP contribution in [0.4, 0.5) is 10.1 Å². The topological polar surface area (TPSA) is 50.2 Å². The van der Waals surface area contributed by atoms with Crippen molar-refractivity contribution in [2.75, 3.05) is 18.0 Å². The van der Waals surface area contributed by atoms with E-state index in [-0.39, 0.29) is 5.91 Å². The number of nitrogens with one attached hydrogen (secondary N) is 1. The molecule has 152 valence electrons. The maximum atomic E-state index is 13.3. The molecule has 0 aliphatic carbocycles. The fourth-order valence-electron chi connectivity index (χ4n) is 3.95. The molecule has 4 rings (SSSR count). The maximum absolute atomic E-state index is 13.3. The van der Waals surface area contributed by atoms with E-state index in [0.717, 1.165) is 41.3 Å². The summed E-state index contributed by atoms with van der Waals surface area (Å²) in [7, 11) is 1.95. The van der Waals surface area contributed by atoms with Crippen molar-refractivity contribution in [3.05, 3.63) is 59.5 Å². The van der Waals surface area contributed by atoms with Crippen molar-refractivity contribution in [3.8, 4) is 11.3 Å². The molecule has 0 bridgehead atoms. The molecule has 0 saturated carbocycles. The highest BCUT2D eigenvalue weighted by molar-refractivity contribution is 6.02. The Balaban J connectivity index is 1.43. The molecule has 0 unspecified atom stereocenters. The molecular weight excluding hydrogens is 367 g/mol. The molecule has 1 fully saturated rings. The van der Waals surface area contributed by atoms with Crippen LogP contribution in [-0.2, 0) is 20.0 Å². The van der Waals surface area contributed by atoms with E-state index in [4.69, 9.17) is 0 Å². The van der Waals surface area contributed by atoms with E-state index < -0.39 is 6.17 Å². The first-order chi connectivity index (χ1) is 14.0. The summed E-state index contributed by atoms with van der Waals surface area (Å²) in [4.78, 5) is 19.7. The van der Waals surface area contributed by atoms with Gasteiger partial charge < -0.3 is 14.8 Å². The van der Waals surface area contributed by atoms with Crippen molar-refractivity contribution in [2.24, 2.45) is 7.05 Å². The van der Waals surface area contributed by atoms with Crippen LogP contribution in [-0.4, -0.2) is 34.7 Å². The Hall–Kier alpha value is -2.89. The summed E-state index contributed by atoms with van der Waals surface area (Å²) in [6, 6.07) is 10.1. The number of pyridine rings is 1. The maximum Gasteiger partial charge on any atom is 0.254 e. The average Bonchev–Trinajstić information content (AvgIpc) is 3.10. The van der Waals surface area contributed by atoms with E-state index in [9.17, 15) is 9.18 Å². The van der Waals surface area contributed by atoms with Gasteiger partial charge in [0.25, 0.3) is 5.91 Å². The minimum atomic E-state index is -0.669. The monoisotopic (exact) mass is 394 g/mol. The van der Waals surface area contributed by atoms with Gasteiger partial charge in [-0.25, -0.2) is 4.39 Å². The van der Waals surface area contributed by atoms with E-state index in [1.807, 2.05) is 49.1 Å². The molecule has 1 saturated heterocycles. The van der Waals surface area contributed by atoms with Crippen molar-refractivity contribution >= 4 is 11.6 Å². The average molecular weight is 394 g/mol. The molecule has 0 atom stereocenters. The lowest BCUT2D eigenvalue weighted by atomic mass is 10.1. The van der Waals surface area contributed by atoms with Gasteiger partial charge in [-0.05, 0) is 43.0 Å². The number of fused-ring (bicyclic) bond motifs is 1. The molecular formula is C23H27FN4O. The number of hydrogen-bond acceptors (Lipinski definition) is 3. The predicted molar refractivity (Wildman–Crippen MR) is 113 cm³/mol. The first-order valence-corrected chi connectivity index (χ1v) is 10.3. The van der Waals surface area contributed by atoms with Gasteiger partial charge >= 0.3 is 0 Å². The molecule has 0 aromatic heterocycles. The summed E-state index contributed by atoms with van der Waals surface area (Å²) in [5.74, 6) is -0.0905. The predicted octanol–water partition coefficient (Wildman–Crippen LogP) is 3.96. The Labute approximate surface area is 170 Å². The quantitative estimate of drug-likeness (QED) is 0.713. The van der Waals surface area contributed by atoms with Crippen molar-refractivity contribution in [1.29, 1.82) is 0 Å². The molecule has 1 amide bonds. The van der Waals surface area contributed by atoms with Crippen LogP contribution in [0.25, 0.3) is 11.3 Å². The second kappa shape index (κ2) is 8.23. The Morgan fingerprint density at radius 1 is 1.21 bits per heavy atom. The van der Waals surface area contributed by atoms with Crippen LogP contribution in [0.5, 0.6) is 0 Å². The Morgan fingerprint density at radius 3 is 2.62 bits per heavy atom. The zero-order valence-corrected chi connectivity index (χ0v) is 17.0. The third-order valence-electron chi connectivity index (χ3n) is 5.63. The minimum Gasteiger partial charge on any atom is -0.371 e. The molecule has 1 aromatic rings. The second-order valence-corrected chi connectivity index (χ2v) is 7.71. The van der Waals surface area contributed by atoms with E-state index in [0.29, 0.717) is 31.4 Å². The Bertz CT molecular complexity index is 958. The van der Waals surface area contributed by atoms with Crippen LogP contribution in [0.3, 0.4) is 0 Å². The van der Waals surface area contributed by atoms with Crippen LogP contribution in [0.2, 0.25) is 0 Å². The summed E-state index contributed by atoms with van der Waals surface area (Å²) in [5.41, 5.74) is 5.39. The molecule has 3 heterocycles. The molecule has 3 aliphatic heterocycles. The van der Waals surface area contributed by atoms with Crippen LogP contribution >= 0.6 is 0 Å². The lowest BCUT2D eigenvalue weighted by molar-refractivity contribution is 0.0951. The molecule has 29 heavy (non-hydrogen) atoms. The number of piperidine rings is 1. The van der Waals surface area contributed by atoms with Gasteiger partial charge in [-0.15, -0.1) is 0 Å². The van der Waals surface area contributed by atoms with Gasteiger partial charge in [-0.3, -0.25) is 9.78 Å². The molecule has 0 spiro atoms. The number of carbonyl (C=O) groups excluding carboxylic acids is 1. The van der Waals surface area contributed by atoms with Crippen LogP contribution < -0.4 is 10.2 Å². The molecule has 0 radical (unpaired) electrons. The number of nitrogens with zero attached hydrogens (tertiary/aromatic N) is 3. The number of benzene rings is 1. The summed E-state index contributed by atoms with van der Waals surface area (Å²) in [6.45, 7) is 3.99. The zero-order valence-electron chi connectivity index (χ0n) is 17.0. The number of anilines is 1. The summed E-state index contributed by atoms with van der Waals surface area (Å²) in [5, 5.41) is 3.04. The van der Waals surface area contributed by atoms with E-state index >= 15 is 0 Å². The number of halogens is 1. The lowest BCUT2D eigenvalue weighted by Gasteiger charge is -2.30. The molecule has 1 aromatic carbocycles. The van der Waals surface area contributed by atoms with Crippen molar-refractivity contribution in [2.45, 2.75) is 38.9 Å². The lowest BCUT2D eigenvalue weighted by Crippen LogP contribution is -2.34. The van der Waals surface area contributed by atoms with Crippen LogP contribution in [0, 0.1) is 0 Å². The Kier molecular flexibility index (Phi) is 5.51. The number of aromatic nitrogens is 2. The SMILES string of the molecule is CCc1nc2cn(C)ccc-2c1C(=O)NCc1ccc(N2CCC(F)CC2)cc1. The van der Waals surface area contributed by atoms with Crippen molar-refractivity contribution in [1.82, 2.24) is 14.9 Å². The largest absolute Gasteiger partial charge is 0.371 e. The smallest absolute Gasteiger partial charge is 0.254 e. The molecule has 3 aliphatic rings. The van der Waals surface area contributed by atoms with Gasteiger partial charge in [0.15, 0.2) is 0 Å². The number of amides is 1. The first-order valence-electron chi connectivity index (χ1n) is 10.3. The van der Waals surface area contributed by atoms with Gasteiger partial charge in [0.1, 0.15) is 6.17 Å². The first kappa shape index (κ1) is 19.4. The van der Waals surface area contributed by atoms with Crippen molar-refractivity contribution < 1.29 is 9.18 Å². The van der Waals surface area contributed by atoms with Gasteiger partial charge in [-0.2, -0.15) is 0 Å². The van der Waals surface area contributed by atoms with Crippen LogP contribution in [0.15, 0.2) is 42.7 Å². The highest BCUT2D eigenvalue weighted by Crippen LogP contribution is 2.28. The zero-order chi connectivity index (χ0) is 20.4. The summed E-state index contributed by atoms with van der Waals surface area (Å²) >= 11 is 0. The molecule has 1 N–H and O–H groups in total. The van der Waals surface area contributed by atoms with Gasteiger partial charge in [0.05, 0.1) is 17.0 Å². The normalized spacial score (nSPS) is 15.1. The minimum absolute atomic E-state index is 0.0905. The van der Waals surface area contributed by atoms with Gasteiger partial charge in [0.2, 0.25) is 0 Å². The van der Waals surface area contributed by atoms with E-state index in [1.54, 1.807) is 0 Å². The number of alkyl halides is 1.